The van der Waals surface area contributed by atoms with Crippen molar-refractivity contribution >= 4 is 38.8 Å². The predicted molar refractivity (Wildman–Crippen MR) is 141 cm³/mol. The van der Waals surface area contributed by atoms with E-state index in [1.54, 1.807) is 49.4 Å². The molecular formula is C28H31NO10S. The monoisotopic (exact) mass is 573 g/mol. The average molecular weight is 574 g/mol. The summed E-state index contributed by atoms with van der Waals surface area (Å²) >= 11 is 0. The van der Waals surface area contributed by atoms with Crippen LogP contribution < -0.4 is 0 Å². The Labute approximate surface area is 232 Å². The van der Waals surface area contributed by atoms with Gasteiger partial charge in [0.05, 0.1) is 10.4 Å². The van der Waals surface area contributed by atoms with Crippen molar-refractivity contribution in [3.63, 3.8) is 0 Å². The summed E-state index contributed by atoms with van der Waals surface area (Å²) in [4.78, 5) is 36.3. The maximum absolute atomic E-state index is 13.8. The van der Waals surface area contributed by atoms with Crippen LogP contribution in [0.1, 0.15) is 39.7 Å². The number of hydrogen-bond donors (Lipinski definition) is 0. The molecule has 0 amide bonds. The Morgan fingerprint density at radius 1 is 0.975 bits per heavy atom. The lowest BCUT2D eigenvalue weighted by Gasteiger charge is -2.47. The molecule has 0 radical (unpaired) electrons. The van der Waals surface area contributed by atoms with E-state index in [2.05, 4.69) is 0 Å². The third kappa shape index (κ3) is 5.74. The molecule has 1 aromatic heterocycles. The summed E-state index contributed by atoms with van der Waals surface area (Å²) < 4.78 is 57.4. The van der Waals surface area contributed by atoms with Gasteiger partial charge < -0.3 is 23.7 Å². The summed E-state index contributed by atoms with van der Waals surface area (Å²) in [6.07, 6.45) is -2.05. The van der Waals surface area contributed by atoms with Gasteiger partial charge in [-0.2, -0.15) is 0 Å². The van der Waals surface area contributed by atoms with Gasteiger partial charge >= 0.3 is 17.9 Å². The van der Waals surface area contributed by atoms with Crippen molar-refractivity contribution in [2.75, 3.05) is 13.2 Å². The van der Waals surface area contributed by atoms with Crippen LogP contribution in [0.4, 0.5) is 0 Å². The maximum atomic E-state index is 13.8. The van der Waals surface area contributed by atoms with Crippen LogP contribution in [0.15, 0.2) is 65.7 Å². The number of carbonyl (C=O) groups excluding carboxylic acids is 3. The van der Waals surface area contributed by atoms with Crippen molar-refractivity contribution in [3.05, 3.63) is 66.4 Å². The van der Waals surface area contributed by atoms with Crippen molar-refractivity contribution < 1.29 is 46.5 Å². The number of aromatic nitrogens is 1. The molecule has 0 unspecified atom stereocenters. The Kier molecular flexibility index (Phi) is 8.62. The fourth-order valence-corrected chi connectivity index (χ4v) is 6.31. The first-order valence-electron chi connectivity index (χ1n) is 12.7. The summed E-state index contributed by atoms with van der Waals surface area (Å²) in [6.45, 7) is 5.24. The van der Waals surface area contributed by atoms with Crippen LogP contribution in [0, 0.1) is 0 Å². The lowest BCUT2D eigenvalue weighted by molar-refractivity contribution is -0.316. The molecule has 2 heterocycles. The van der Waals surface area contributed by atoms with Crippen molar-refractivity contribution in [1.82, 2.24) is 3.97 Å². The largest absolute Gasteiger partial charge is 0.463 e. The Hall–Kier alpha value is -3.74. The zero-order valence-electron chi connectivity index (χ0n) is 22.6. The van der Waals surface area contributed by atoms with Gasteiger partial charge in [-0.1, -0.05) is 36.4 Å². The van der Waals surface area contributed by atoms with Gasteiger partial charge in [0, 0.05) is 50.9 Å². The second kappa shape index (κ2) is 11.8. The van der Waals surface area contributed by atoms with Gasteiger partial charge in [0.1, 0.15) is 18.8 Å². The molecule has 0 N–H and O–H groups in total. The molecule has 0 spiro atoms. The van der Waals surface area contributed by atoms with E-state index in [9.17, 15) is 22.8 Å². The number of fused-ring (bicyclic) bond motifs is 1. The SMILES string of the molecule is CCO[C@H]1O[C@H](COC(C)=O)[C@@H](OC(C)=O)C[C@]1(OC(C)=O)c1cn(S(=O)(=O)c2ccccc2)c2ccccc12. The van der Waals surface area contributed by atoms with Crippen LogP contribution in [0.2, 0.25) is 0 Å². The van der Waals surface area contributed by atoms with Crippen LogP contribution in [0.25, 0.3) is 10.9 Å². The molecule has 1 fully saturated rings. The molecule has 12 heteroatoms. The van der Waals surface area contributed by atoms with Gasteiger partial charge in [-0.3, -0.25) is 14.4 Å². The van der Waals surface area contributed by atoms with E-state index in [0.29, 0.717) is 10.9 Å². The van der Waals surface area contributed by atoms with Gasteiger partial charge in [0.15, 0.2) is 5.60 Å². The maximum Gasteiger partial charge on any atom is 0.303 e. The van der Waals surface area contributed by atoms with Crippen molar-refractivity contribution in [1.29, 1.82) is 0 Å². The van der Waals surface area contributed by atoms with Crippen molar-refractivity contribution in [2.45, 2.75) is 63.1 Å². The molecule has 40 heavy (non-hydrogen) atoms. The number of benzene rings is 2. The topological polar surface area (TPSA) is 136 Å². The molecule has 1 aliphatic heterocycles. The van der Waals surface area contributed by atoms with Crippen LogP contribution in [0.3, 0.4) is 0 Å². The summed E-state index contributed by atoms with van der Waals surface area (Å²) in [6, 6.07) is 14.6. The quantitative estimate of drug-likeness (QED) is 0.277. The predicted octanol–water partition coefficient (Wildman–Crippen LogP) is 3.28. The fraction of sp³-hybridized carbons (Fsp3) is 0.393. The van der Waals surface area contributed by atoms with E-state index in [4.69, 9.17) is 23.7 Å². The minimum atomic E-state index is -4.08. The number of para-hydroxylation sites is 1. The van der Waals surface area contributed by atoms with Crippen LogP contribution in [-0.4, -0.2) is 62.0 Å². The van der Waals surface area contributed by atoms with Crippen molar-refractivity contribution in [3.8, 4) is 0 Å². The number of ether oxygens (including phenoxy) is 5. The normalized spacial score (nSPS) is 22.9. The molecule has 2 aromatic carbocycles. The first-order chi connectivity index (χ1) is 19.0. The number of esters is 3. The Bertz CT molecular complexity index is 1500. The molecule has 0 saturated carbocycles. The smallest absolute Gasteiger partial charge is 0.303 e. The van der Waals surface area contributed by atoms with Gasteiger partial charge in [0.2, 0.25) is 6.29 Å². The number of nitrogens with zero attached hydrogens (tertiary/aromatic N) is 1. The molecule has 1 saturated heterocycles. The standard InChI is InChI=1S/C28H31NO10S/c1-5-35-27-28(39-20(4)32,15-25(37-19(3)31)26(38-27)17-36-18(2)30)23-16-29(24-14-10-9-13-22(23)24)40(33,34)21-11-7-6-8-12-21/h6-14,16,25-27H,5,15,17H2,1-4H3/t25-,26+,27-,28-/m0/s1. The third-order valence-corrected chi connectivity index (χ3v) is 8.13. The van der Waals surface area contributed by atoms with Gasteiger partial charge in [0.25, 0.3) is 10.0 Å². The minimum absolute atomic E-state index is 0.0596. The minimum Gasteiger partial charge on any atom is -0.463 e. The first kappa shape index (κ1) is 29.2. The van der Waals surface area contributed by atoms with Crippen LogP contribution in [0.5, 0.6) is 0 Å². The van der Waals surface area contributed by atoms with Gasteiger partial charge in [-0.05, 0) is 25.1 Å². The van der Waals surface area contributed by atoms with Crippen LogP contribution in [-0.2, 0) is 53.7 Å². The van der Waals surface area contributed by atoms with E-state index >= 15 is 0 Å². The average Bonchev–Trinajstić information content (AvgIpc) is 3.30. The number of rotatable bonds is 9. The van der Waals surface area contributed by atoms with Crippen molar-refractivity contribution in [2.24, 2.45) is 0 Å². The second-order valence-corrected chi connectivity index (χ2v) is 11.1. The third-order valence-electron chi connectivity index (χ3n) is 6.44. The van der Waals surface area contributed by atoms with E-state index in [1.165, 1.54) is 39.1 Å². The molecule has 0 bridgehead atoms. The lowest BCUT2D eigenvalue weighted by Crippen LogP contribution is -2.58. The van der Waals surface area contributed by atoms with E-state index in [-0.39, 0.29) is 30.1 Å². The van der Waals surface area contributed by atoms with Gasteiger partial charge in [-0.25, -0.2) is 12.4 Å². The molecule has 4 atom stereocenters. The molecule has 3 aromatic rings. The van der Waals surface area contributed by atoms with E-state index in [0.717, 1.165) is 3.97 Å². The zero-order chi connectivity index (χ0) is 29.1. The first-order valence-corrected chi connectivity index (χ1v) is 14.1. The Morgan fingerprint density at radius 3 is 2.27 bits per heavy atom. The van der Waals surface area contributed by atoms with Crippen LogP contribution >= 0.6 is 0 Å². The Morgan fingerprint density at radius 2 is 1.65 bits per heavy atom. The molecular weight excluding hydrogens is 542 g/mol. The highest BCUT2D eigenvalue weighted by Crippen LogP contribution is 2.46. The number of carbonyl (C=O) groups is 3. The highest BCUT2D eigenvalue weighted by Gasteiger charge is 2.56. The highest BCUT2D eigenvalue weighted by atomic mass is 32.2. The highest BCUT2D eigenvalue weighted by molar-refractivity contribution is 7.90. The second-order valence-electron chi connectivity index (χ2n) is 9.27. The van der Waals surface area contributed by atoms with E-state index in [1.807, 2.05) is 0 Å². The summed E-state index contributed by atoms with van der Waals surface area (Å²) in [5.74, 6) is -1.90. The summed E-state index contributed by atoms with van der Waals surface area (Å²) in [5.41, 5.74) is -1.14. The number of hydrogen-bond acceptors (Lipinski definition) is 10. The Balaban J connectivity index is 1.95. The summed E-state index contributed by atoms with van der Waals surface area (Å²) in [5, 5.41) is 0.455. The molecule has 1 aliphatic rings. The van der Waals surface area contributed by atoms with Gasteiger partial charge in [-0.15, -0.1) is 0 Å². The molecule has 214 valence electrons. The molecule has 4 rings (SSSR count). The lowest BCUT2D eigenvalue weighted by atomic mass is 9.82. The fourth-order valence-electron chi connectivity index (χ4n) is 4.92. The zero-order valence-corrected chi connectivity index (χ0v) is 23.4. The summed E-state index contributed by atoms with van der Waals surface area (Å²) in [7, 11) is -4.08. The van der Waals surface area contributed by atoms with E-state index < -0.39 is 52.0 Å². The molecule has 11 nitrogen and oxygen atoms in total. The molecule has 0 aliphatic carbocycles.